The van der Waals surface area contributed by atoms with Crippen LogP contribution < -0.4 is 0 Å². The van der Waals surface area contributed by atoms with E-state index in [0.29, 0.717) is 6.42 Å². The molecule has 3 heteroatoms. The molecule has 0 radical (unpaired) electrons. The fraction of sp³-hybridized carbons (Fsp3) is 0.0833. The van der Waals surface area contributed by atoms with Gasteiger partial charge in [0.2, 0.25) is 0 Å². The van der Waals surface area contributed by atoms with Gasteiger partial charge in [-0.25, -0.2) is 4.98 Å². The first-order chi connectivity index (χ1) is 13.4. The summed E-state index contributed by atoms with van der Waals surface area (Å²) in [7, 11) is 0. The van der Waals surface area contributed by atoms with E-state index in [4.69, 9.17) is 0 Å². The standard InChI is InChI=1S/C24H20N2O/c27-17-16-23-18-26(19-25-23)24(20-10-4-1-5-11-20,21-12-6-2-7-13-21)22-14-8-3-9-15-22/h1-15,17-19H,16H2. The molecule has 3 nitrogen and oxygen atoms in total. The van der Waals surface area contributed by atoms with Crippen LogP contribution in [0.3, 0.4) is 0 Å². The Balaban J connectivity index is 2.07. The van der Waals surface area contributed by atoms with Crippen molar-refractivity contribution in [2.45, 2.75) is 12.0 Å². The zero-order valence-electron chi connectivity index (χ0n) is 14.9. The van der Waals surface area contributed by atoms with Crippen LogP contribution in [0.5, 0.6) is 0 Å². The van der Waals surface area contributed by atoms with E-state index >= 15 is 0 Å². The van der Waals surface area contributed by atoms with Gasteiger partial charge in [-0.05, 0) is 16.7 Å². The number of hydrogen-bond donors (Lipinski definition) is 0. The lowest BCUT2D eigenvalue weighted by atomic mass is 9.77. The molecular weight excluding hydrogens is 332 g/mol. The summed E-state index contributed by atoms with van der Waals surface area (Å²) in [4.78, 5) is 15.5. The molecule has 0 spiro atoms. The number of aldehydes is 1. The first-order valence-corrected chi connectivity index (χ1v) is 8.99. The lowest BCUT2D eigenvalue weighted by Crippen LogP contribution is -2.36. The number of nitrogens with zero attached hydrogens (tertiary/aromatic N) is 2. The fourth-order valence-corrected chi connectivity index (χ4v) is 3.72. The molecule has 0 aliphatic heterocycles. The van der Waals surface area contributed by atoms with E-state index in [1.54, 1.807) is 0 Å². The maximum atomic E-state index is 11.0. The minimum Gasteiger partial charge on any atom is -0.319 e. The molecule has 0 bridgehead atoms. The van der Waals surface area contributed by atoms with Crippen LogP contribution in [-0.4, -0.2) is 15.8 Å². The number of imidazole rings is 1. The Morgan fingerprint density at radius 3 is 1.59 bits per heavy atom. The Labute approximate surface area is 158 Å². The molecule has 0 amide bonds. The third-order valence-corrected chi connectivity index (χ3v) is 4.89. The molecule has 4 aromatic rings. The van der Waals surface area contributed by atoms with Crippen LogP contribution in [0.1, 0.15) is 22.4 Å². The molecule has 0 saturated carbocycles. The van der Waals surface area contributed by atoms with Crippen molar-refractivity contribution in [1.29, 1.82) is 0 Å². The zero-order chi connectivity index (χ0) is 18.5. The molecule has 0 saturated heterocycles. The van der Waals surface area contributed by atoms with Crippen LogP contribution in [0, 0.1) is 0 Å². The van der Waals surface area contributed by atoms with Gasteiger partial charge >= 0.3 is 0 Å². The molecule has 3 aromatic carbocycles. The largest absolute Gasteiger partial charge is 0.319 e. The van der Waals surface area contributed by atoms with E-state index < -0.39 is 5.54 Å². The second-order valence-electron chi connectivity index (χ2n) is 6.45. The summed E-state index contributed by atoms with van der Waals surface area (Å²) in [5, 5.41) is 0. The lowest BCUT2D eigenvalue weighted by molar-refractivity contribution is -0.107. The van der Waals surface area contributed by atoms with Crippen molar-refractivity contribution in [3.05, 3.63) is 126 Å². The number of aromatic nitrogens is 2. The van der Waals surface area contributed by atoms with Crippen molar-refractivity contribution < 1.29 is 4.79 Å². The van der Waals surface area contributed by atoms with Gasteiger partial charge in [0.05, 0.1) is 12.0 Å². The van der Waals surface area contributed by atoms with E-state index in [9.17, 15) is 4.79 Å². The van der Waals surface area contributed by atoms with E-state index in [1.807, 2.05) is 30.7 Å². The normalized spacial score (nSPS) is 11.3. The second-order valence-corrected chi connectivity index (χ2v) is 6.45. The van der Waals surface area contributed by atoms with Gasteiger partial charge in [0.25, 0.3) is 0 Å². The molecule has 0 unspecified atom stereocenters. The molecule has 0 aliphatic carbocycles. The maximum absolute atomic E-state index is 11.0. The topological polar surface area (TPSA) is 34.9 Å². The second kappa shape index (κ2) is 7.42. The predicted octanol–water partition coefficient (Wildman–Crippen LogP) is 4.46. The summed E-state index contributed by atoms with van der Waals surface area (Å²) >= 11 is 0. The van der Waals surface area contributed by atoms with E-state index in [2.05, 4.69) is 82.3 Å². The number of rotatable bonds is 6. The average molecular weight is 352 g/mol. The predicted molar refractivity (Wildman–Crippen MR) is 107 cm³/mol. The van der Waals surface area contributed by atoms with Gasteiger partial charge < -0.3 is 9.36 Å². The third kappa shape index (κ3) is 2.97. The molecule has 4 rings (SSSR count). The van der Waals surface area contributed by atoms with Gasteiger partial charge in [0.1, 0.15) is 11.8 Å². The smallest absolute Gasteiger partial charge is 0.125 e. The highest BCUT2D eigenvalue weighted by Crippen LogP contribution is 2.40. The molecule has 1 heterocycles. The highest BCUT2D eigenvalue weighted by atomic mass is 16.1. The highest BCUT2D eigenvalue weighted by molar-refractivity contribution is 5.54. The van der Waals surface area contributed by atoms with Crippen LogP contribution in [0.4, 0.5) is 0 Å². The van der Waals surface area contributed by atoms with E-state index in [1.165, 1.54) is 0 Å². The van der Waals surface area contributed by atoms with Crippen LogP contribution >= 0.6 is 0 Å². The monoisotopic (exact) mass is 352 g/mol. The van der Waals surface area contributed by atoms with Crippen molar-refractivity contribution in [1.82, 2.24) is 9.55 Å². The summed E-state index contributed by atoms with van der Waals surface area (Å²) < 4.78 is 2.12. The molecular formula is C24H20N2O. The summed E-state index contributed by atoms with van der Waals surface area (Å²) in [6.45, 7) is 0. The van der Waals surface area contributed by atoms with Crippen LogP contribution in [0.25, 0.3) is 0 Å². The van der Waals surface area contributed by atoms with E-state index in [0.717, 1.165) is 28.7 Å². The first-order valence-electron chi connectivity index (χ1n) is 8.99. The summed E-state index contributed by atoms with van der Waals surface area (Å²) in [5.74, 6) is 0. The van der Waals surface area contributed by atoms with Gasteiger partial charge in [-0.15, -0.1) is 0 Å². The van der Waals surface area contributed by atoms with Crippen molar-refractivity contribution in [2.75, 3.05) is 0 Å². The van der Waals surface area contributed by atoms with Gasteiger partial charge in [-0.1, -0.05) is 91.0 Å². The van der Waals surface area contributed by atoms with Gasteiger partial charge in [-0.3, -0.25) is 0 Å². The maximum Gasteiger partial charge on any atom is 0.125 e. The lowest BCUT2D eigenvalue weighted by Gasteiger charge is -2.37. The summed E-state index contributed by atoms with van der Waals surface area (Å²) in [5.41, 5.74) is 3.60. The van der Waals surface area contributed by atoms with Gasteiger partial charge in [-0.2, -0.15) is 0 Å². The van der Waals surface area contributed by atoms with E-state index in [-0.39, 0.29) is 0 Å². The Morgan fingerprint density at radius 2 is 1.19 bits per heavy atom. The molecule has 27 heavy (non-hydrogen) atoms. The minimum atomic E-state index is -0.572. The number of carbonyl (C=O) groups excluding carboxylic acids is 1. The van der Waals surface area contributed by atoms with Gasteiger partial charge in [0.15, 0.2) is 0 Å². The average Bonchev–Trinajstić information content (AvgIpc) is 3.20. The van der Waals surface area contributed by atoms with Crippen molar-refractivity contribution in [3.63, 3.8) is 0 Å². The molecule has 0 aliphatic rings. The Morgan fingerprint density at radius 1 is 0.741 bits per heavy atom. The summed E-state index contributed by atoms with van der Waals surface area (Å²) in [6.07, 6.45) is 5.00. The quantitative estimate of drug-likeness (QED) is 0.379. The van der Waals surface area contributed by atoms with Crippen LogP contribution in [0.2, 0.25) is 0 Å². The number of carbonyl (C=O) groups is 1. The van der Waals surface area contributed by atoms with Crippen LogP contribution in [-0.2, 0) is 16.8 Å². The number of benzene rings is 3. The molecule has 132 valence electrons. The zero-order valence-corrected chi connectivity index (χ0v) is 14.9. The number of hydrogen-bond acceptors (Lipinski definition) is 2. The minimum absolute atomic E-state index is 0.307. The van der Waals surface area contributed by atoms with Crippen molar-refractivity contribution >= 4 is 6.29 Å². The Bertz CT molecular complexity index is 911. The SMILES string of the molecule is O=CCc1cn(C(c2ccccc2)(c2ccccc2)c2ccccc2)cn1. The highest BCUT2D eigenvalue weighted by Gasteiger charge is 2.38. The Hall–Kier alpha value is -3.46. The fourth-order valence-electron chi connectivity index (χ4n) is 3.72. The van der Waals surface area contributed by atoms with Crippen molar-refractivity contribution in [2.24, 2.45) is 0 Å². The molecule has 0 atom stereocenters. The van der Waals surface area contributed by atoms with Gasteiger partial charge in [0, 0.05) is 12.6 Å². The molecule has 1 aromatic heterocycles. The first kappa shape index (κ1) is 17.0. The molecule has 0 N–H and O–H groups in total. The van der Waals surface area contributed by atoms with Crippen molar-refractivity contribution in [3.8, 4) is 0 Å². The third-order valence-electron chi connectivity index (χ3n) is 4.89. The molecule has 0 fully saturated rings. The Kier molecular flexibility index (Phi) is 4.67. The summed E-state index contributed by atoms with van der Waals surface area (Å²) in [6, 6.07) is 31.2. The van der Waals surface area contributed by atoms with Crippen LogP contribution in [0.15, 0.2) is 104 Å².